The molecule has 0 bridgehead atoms. The molecule has 3 heteroatoms. The molecule has 0 aliphatic carbocycles. The summed E-state index contributed by atoms with van der Waals surface area (Å²) in [6.07, 6.45) is 0.0673. The van der Waals surface area contributed by atoms with Crippen LogP contribution in [0.15, 0.2) is 91.0 Å². The number of rotatable bonds is 10. The molecule has 0 saturated heterocycles. The summed E-state index contributed by atoms with van der Waals surface area (Å²) < 4.78 is 5.98. The number of aliphatic hydroxyl groups is 1. The summed E-state index contributed by atoms with van der Waals surface area (Å²) in [6, 6.07) is 30.6. The van der Waals surface area contributed by atoms with Crippen molar-refractivity contribution in [2.75, 3.05) is 6.61 Å². The van der Waals surface area contributed by atoms with Gasteiger partial charge in [-0.2, -0.15) is 0 Å². The Labute approximate surface area is 168 Å². The first kappa shape index (κ1) is 20.3. The van der Waals surface area contributed by atoms with Gasteiger partial charge in [0.05, 0.1) is 19.3 Å². The summed E-state index contributed by atoms with van der Waals surface area (Å²) >= 11 is 0. The van der Waals surface area contributed by atoms with E-state index in [-0.39, 0.29) is 12.1 Å². The number of benzene rings is 3. The highest BCUT2D eigenvalue weighted by atomic mass is 16.5. The van der Waals surface area contributed by atoms with Crippen molar-refractivity contribution in [2.45, 2.75) is 38.1 Å². The lowest BCUT2D eigenvalue weighted by molar-refractivity contribution is 0.0699. The lowest BCUT2D eigenvalue weighted by atomic mass is 10.0. The second-order valence-electron chi connectivity index (χ2n) is 7.16. The molecular weight excluding hydrogens is 346 g/mol. The Balaban J connectivity index is 1.62. The van der Waals surface area contributed by atoms with Crippen molar-refractivity contribution in [3.63, 3.8) is 0 Å². The van der Waals surface area contributed by atoms with Crippen LogP contribution in [0.25, 0.3) is 0 Å². The number of nitrogens with one attached hydrogen (secondary N) is 1. The Bertz CT molecular complexity index is 745. The molecule has 0 saturated carbocycles. The molecule has 3 rings (SSSR count). The van der Waals surface area contributed by atoms with Gasteiger partial charge < -0.3 is 15.2 Å². The first-order valence-corrected chi connectivity index (χ1v) is 9.88. The lowest BCUT2D eigenvalue weighted by Crippen LogP contribution is -2.36. The Hall–Kier alpha value is -2.46. The van der Waals surface area contributed by atoms with Crippen LogP contribution < -0.4 is 5.32 Å². The Kier molecular flexibility index (Phi) is 7.80. The van der Waals surface area contributed by atoms with Crippen LogP contribution in [0.1, 0.15) is 42.2 Å². The zero-order chi connectivity index (χ0) is 19.6. The fourth-order valence-electron chi connectivity index (χ4n) is 3.35. The van der Waals surface area contributed by atoms with Crippen molar-refractivity contribution < 1.29 is 9.84 Å². The molecule has 0 aliphatic heterocycles. The van der Waals surface area contributed by atoms with Crippen LogP contribution in [0, 0.1) is 0 Å². The number of ether oxygens (including phenoxy) is 1. The summed E-state index contributed by atoms with van der Waals surface area (Å²) in [5.74, 6) is 0. The van der Waals surface area contributed by atoms with Gasteiger partial charge in [0.2, 0.25) is 0 Å². The van der Waals surface area contributed by atoms with Crippen molar-refractivity contribution in [3.05, 3.63) is 108 Å². The van der Waals surface area contributed by atoms with Gasteiger partial charge in [-0.25, -0.2) is 0 Å². The van der Waals surface area contributed by atoms with Crippen molar-refractivity contribution >= 4 is 0 Å². The zero-order valence-corrected chi connectivity index (χ0v) is 16.4. The van der Waals surface area contributed by atoms with Crippen LogP contribution in [0.5, 0.6) is 0 Å². The van der Waals surface area contributed by atoms with Crippen molar-refractivity contribution in [2.24, 2.45) is 0 Å². The van der Waals surface area contributed by atoms with E-state index in [0.29, 0.717) is 19.6 Å². The van der Waals surface area contributed by atoms with E-state index in [1.165, 1.54) is 5.56 Å². The fourth-order valence-corrected chi connectivity index (χ4v) is 3.35. The van der Waals surface area contributed by atoms with E-state index in [9.17, 15) is 5.11 Å². The van der Waals surface area contributed by atoms with Crippen molar-refractivity contribution in [1.82, 2.24) is 5.32 Å². The molecule has 0 aromatic heterocycles. The molecule has 0 unspecified atom stereocenters. The van der Waals surface area contributed by atoms with E-state index < -0.39 is 6.10 Å². The average molecular weight is 376 g/mol. The van der Waals surface area contributed by atoms with Crippen LogP contribution in [-0.2, 0) is 11.3 Å². The topological polar surface area (TPSA) is 41.5 Å². The molecule has 3 aromatic rings. The monoisotopic (exact) mass is 375 g/mol. The molecule has 0 spiro atoms. The van der Waals surface area contributed by atoms with Gasteiger partial charge in [0.25, 0.3) is 0 Å². The highest BCUT2D eigenvalue weighted by Crippen LogP contribution is 2.21. The maximum atomic E-state index is 10.7. The van der Waals surface area contributed by atoms with Gasteiger partial charge in [-0.15, -0.1) is 0 Å². The third-order valence-electron chi connectivity index (χ3n) is 4.91. The van der Waals surface area contributed by atoms with Gasteiger partial charge in [-0.3, -0.25) is 0 Å². The molecule has 3 atom stereocenters. The molecule has 146 valence electrons. The average Bonchev–Trinajstić information content (AvgIpc) is 2.75. The number of hydrogen-bond donors (Lipinski definition) is 2. The predicted octanol–water partition coefficient (Wildman–Crippen LogP) is 5.05. The lowest BCUT2D eigenvalue weighted by Gasteiger charge is -2.26. The minimum Gasteiger partial charge on any atom is -0.388 e. The molecule has 0 fully saturated rings. The van der Waals surface area contributed by atoms with Crippen LogP contribution >= 0.6 is 0 Å². The molecular formula is C25H29NO2. The number of aliphatic hydroxyl groups excluding tert-OH is 1. The van der Waals surface area contributed by atoms with E-state index in [1.54, 1.807) is 0 Å². The second-order valence-corrected chi connectivity index (χ2v) is 7.16. The Morgan fingerprint density at radius 2 is 1.32 bits per heavy atom. The van der Waals surface area contributed by atoms with Crippen LogP contribution in [0.3, 0.4) is 0 Å². The van der Waals surface area contributed by atoms with Crippen molar-refractivity contribution in [3.8, 4) is 0 Å². The highest BCUT2D eigenvalue weighted by Gasteiger charge is 2.19. The molecule has 0 radical (unpaired) electrons. The second kappa shape index (κ2) is 10.8. The summed E-state index contributed by atoms with van der Waals surface area (Å²) in [6.45, 7) is 3.25. The van der Waals surface area contributed by atoms with E-state index in [4.69, 9.17) is 4.74 Å². The molecule has 3 nitrogen and oxygen atoms in total. The van der Waals surface area contributed by atoms with E-state index >= 15 is 0 Å². The maximum Gasteiger partial charge on any atom is 0.0805 e. The largest absolute Gasteiger partial charge is 0.388 e. The molecule has 0 aliphatic rings. The summed E-state index contributed by atoms with van der Waals surface area (Å²) in [7, 11) is 0. The van der Waals surface area contributed by atoms with Crippen LogP contribution in [0.4, 0.5) is 0 Å². The minimum absolute atomic E-state index is 0.0362. The molecule has 2 N–H and O–H groups in total. The number of hydrogen-bond acceptors (Lipinski definition) is 3. The normalized spacial score (nSPS) is 14.4. The zero-order valence-electron chi connectivity index (χ0n) is 16.4. The van der Waals surface area contributed by atoms with Crippen LogP contribution in [-0.4, -0.2) is 17.8 Å². The van der Waals surface area contributed by atoms with Gasteiger partial charge in [-0.1, -0.05) is 91.0 Å². The smallest absolute Gasteiger partial charge is 0.0805 e. The van der Waals surface area contributed by atoms with Gasteiger partial charge in [0.1, 0.15) is 0 Å². The molecule has 28 heavy (non-hydrogen) atoms. The predicted molar refractivity (Wildman–Crippen MR) is 114 cm³/mol. The summed E-state index contributed by atoms with van der Waals surface area (Å²) in [4.78, 5) is 0. The fraction of sp³-hybridized carbons (Fsp3) is 0.280. The third-order valence-corrected chi connectivity index (χ3v) is 4.91. The molecule has 0 heterocycles. The van der Waals surface area contributed by atoms with Crippen LogP contribution in [0.2, 0.25) is 0 Å². The standard InChI is InChI=1S/C25H29NO2/c1-20(22-13-7-3-8-14-22)26-24(17-25(27)23-15-9-4-10-16-23)19-28-18-21-11-5-2-6-12-21/h2-16,20,24-27H,17-19H2,1H3/t20-,24+,25-/m0/s1. The van der Waals surface area contributed by atoms with E-state index in [1.807, 2.05) is 66.7 Å². The van der Waals surface area contributed by atoms with E-state index in [2.05, 4.69) is 36.5 Å². The molecule has 0 amide bonds. The third kappa shape index (κ3) is 6.31. The first-order valence-electron chi connectivity index (χ1n) is 9.88. The Morgan fingerprint density at radius 1 is 0.786 bits per heavy atom. The maximum absolute atomic E-state index is 10.7. The van der Waals surface area contributed by atoms with Gasteiger partial charge in [-0.05, 0) is 30.0 Å². The molecule has 3 aromatic carbocycles. The highest BCUT2D eigenvalue weighted by molar-refractivity contribution is 5.19. The van der Waals surface area contributed by atoms with Gasteiger partial charge in [0.15, 0.2) is 0 Å². The Morgan fingerprint density at radius 3 is 1.93 bits per heavy atom. The first-order chi connectivity index (χ1) is 13.7. The summed E-state index contributed by atoms with van der Waals surface area (Å²) in [5.41, 5.74) is 3.32. The quantitative estimate of drug-likeness (QED) is 0.521. The van der Waals surface area contributed by atoms with E-state index in [0.717, 1.165) is 11.1 Å². The van der Waals surface area contributed by atoms with Gasteiger partial charge >= 0.3 is 0 Å². The minimum atomic E-state index is -0.526. The summed E-state index contributed by atoms with van der Waals surface area (Å²) in [5, 5.41) is 14.3. The van der Waals surface area contributed by atoms with Crippen molar-refractivity contribution in [1.29, 1.82) is 0 Å². The van der Waals surface area contributed by atoms with Gasteiger partial charge in [0, 0.05) is 12.1 Å². The SMILES string of the molecule is C[C@H](N[C@@H](COCc1ccccc1)C[C@H](O)c1ccccc1)c1ccccc1.